The standard InChI is InChI=1S/C16H18F2N2/c1-19-16-4-2-3-12-9-20(10-13(12)16)8-11-5-6-14(17)15(18)7-11/h5-7,9-10,16,19H,2-4,8H2,1H3. The Bertz CT molecular complexity index is 619. The third-order valence-corrected chi connectivity index (χ3v) is 4.01. The number of nitrogens with one attached hydrogen (secondary N) is 1. The van der Waals surface area contributed by atoms with Crippen LogP contribution in [0.1, 0.15) is 35.6 Å². The molecule has 2 aromatic rings. The number of hydrogen-bond acceptors (Lipinski definition) is 1. The predicted octanol–water partition coefficient (Wildman–Crippen LogP) is 3.41. The summed E-state index contributed by atoms with van der Waals surface area (Å²) in [5.41, 5.74) is 3.47. The maximum Gasteiger partial charge on any atom is 0.159 e. The largest absolute Gasteiger partial charge is 0.349 e. The van der Waals surface area contributed by atoms with E-state index < -0.39 is 11.6 Å². The number of aromatic nitrogens is 1. The molecule has 0 aliphatic heterocycles. The van der Waals surface area contributed by atoms with Crippen LogP contribution in [0.3, 0.4) is 0 Å². The second kappa shape index (κ2) is 5.37. The zero-order valence-corrected chi connectivity index (χ0v) is 11.5. The molecular formula is C16H18F2N2. The van der Waals surface area contributed by atoms with E-state index in [4.69, 9.17) is 0 Å². The zero-order valence-electron chi connectivity index (χ0n) is 11.5. The molecule has 0 radical (unpaired) electrons. The number of rotatable bonds is 3. The summed E-state index contributed by atoms with van der Waals surface area (Å²) < 4.78 is 28.2. The van der Waals surface area contributed by atoms with Crippen LogP contribution in [-0.2, 0) is 13.0 Å². The van der Waals surface area contributed by atoms with Gasteiger partial charge in [0.25, 0.3) is 0 Å². The van der Waals surface area contributed by atoms with E-state index in [1.807, 2.05) is 7.05 Å². The molecule has 3 rings (SSSR count). The van der Waals surface area contributed by atoms with Gasteiger partial charge in [-0.2, -0.15) is 0 Å². The maximum atomic E-state index is 13.2. The van der Waals surface area contributed by atoms with E-state index in [0.717, 1.165) is 18.4 Å². The second-order valence-corrected chi connectivity index (χ2v) is 5.39. The fraction of sp³-hybridized carbons (Fsp3) is 0.375. The molecule has 1 aromatic heterocycles. The Balaban J connectivity index is 1.84. The van der Waals surface area contributed by atoms with Gasteiger partial charge in [0.1, 0.15) is 0 Å². The highest BCUT2D eigenvalue weighted by molar-refractivity contribution is 5.31. The van der Waals surface area contributed by atoms with Crippen molar-refractivity contribution in [3.8, 4) is 0 Å². The summed E-state index contributed by atoms with van der Waals surface area (Å²) in [7, 11) is 1.98. The topological polar surface area (TPSA) is 17.0 Å². The highest BCUT2D eigenvalue weighted by Gasteiger charge is 2.20. The Kier molecular flexibility index (Phi) is 3.57. The Morgan fingerprint density at radius 2 is 2.10 bits per heavy atom. The van der Waals surface area contributed by atoms with Gasteiger partial charge >= 0.3 is 0 Å². The quantitative estimate of drug-likeness (QED) is 0.909. The molecule has 0 saturated carbocycles. The van der Waals surface area contributed by atoms with E-state index in [0.29, 0.717) is 12.6 Å². The van der Waals surface area contributed by atoms with Crippen LogP contribution in [0, 0.1) is 11.6 Å². The molecular weight excluding hydrogens is 258 g/mol. The molecule has 2 nitrogen and oxygen atoms in total. The number of aryl methyl sites for hydroxylation is 1. The molecule has 1 atom stereocenters. The van der Waals surface area contributed by atoms with E-state index in [1.54, 1.807) is 6.07 Å². The minimum absolute atomic E-state index is 0.407. The fourth-order valence-corrected chi connectivity index (χ4v) is 2.99. The third-order valence-electron chi connectivity index (χ3n) is 4.01. The Hall–Kier alpha value is -1.68. The van der Waals surface area contributed by atoms with Crippen LogP contribution in [0.15, 0.2) is 30.6 Å². The molecule has 0 spiro atoms. The van der Waals surface area contributed by atoms with Crippen molar-refractivity contribution in [1.82, 2.24) is 9.88 Å². The van der Waals surface area contributed by atoms with Gasteiger partial charge in [-0.3, -0.25) is 0 Å². The van der Waals surface area contributed by atoms with Crippen molar-refractivity contribution >= 4 is 0 Å². The molecule has 20 heavy (non-hydrogen) atoms. The van der Waals surface area contributed by atoms with Crippen molar-refractivity contribution in [3.05, 3.63) is 58.9 Å². The lowest BCUT2D eigenvalue weighted by Gasteiger charge is -2.21. The molecule has 1 N–H and O–H groups in total. The highest BCUT2D eigenvalue weighted by Crippen LogP contribution is 2.30. The summed E-state index contributed by atoms with van der Waals surface area (Å²) in [5, 5.41) is 3.33. The SMILES string of the molecule is CNC1CCCc2cn(Cc3ccc(F)c(F)c3)cc21. The van der Waals surface area contributed by atoms with E-state index >= 15 is 0 Å². The number of halogens is 2. The first-order valence-electron chi connectivity index (χ1n) is 6.97. The van der Waals surface area contributed by atoms with E-state index in [9.17, 15) is 8.78 Å². The second-order valence-electron chi connectivity index (χ2n) is 5.39. The first-order valence-corrected chi connectivity index (χ1v) is 6.97. The molecule has 1 unspecified atom stereocenters. The van der Waals surface area contributed by atoms with Crippen molar-refractivity contribution in [1.29, 1.82) is 0 Å². The van der Waals surface area contributed by atoms with Crippen molar-refractivity contribution in [2.75, 3.05) is 7.05 Å². The normalized spacial score (nSPS) is 18.1. The van der Waals surface area contributed by atoms with Crippen LogP contribution >= 0.6 is 0 Å². The van der Waals surface area contributed by atoms with Gasteiger partial charge in [-0.05, 0) is 55.1 Å². The molecule has 4 heteroatoms. The minimum Gasteiger partial charge on any atom is -0.349 e. The van der Waals surface area contributed by atoms with Crippen molar-refractivity contribution in [3.63, 3.8) is 0 Å². The summed E-state index contributed by atoms with van der Waals surface area (Å²) in [5.74, 6) is -1.58. The average molecular weight is 276 g/mol. The fourth-order valence-electron chi connectivity index (χ4n) is 2.99. The summed E-state index contributed by atoms with van der Waals surface area (Å²) in [6, 6.07) is 4.49. The minimum atomic E-state index is -0.796. The molecule has 0 saturated heterocycles. The van der Waals surface area contributed by atoms with Crippen molar-refractivity contribution in [2.24, 2.45) is 0 Å². The number of benzene rings is 1. The van der Waals surface area contributed by atoms with Crippen molar-refractivity contribution in [2.45, 2.75) is 31.8 Å². The van der Waals surface area contributed by atoms with E-state index in [1.165, 1.54) is 29.7 Å². The van der Waals surface area contributed by atoms with Crippen LogP contribution < -0.4 is 5.32 Å². The van der Waals surface area contributed by atoms with Gasteiger partial charge in [-0.1, -0.05) is 6.07 Å². The van der Waals surface area contributed by atoms with Gasteiger partial charge < -0.3 is 9.88 Å². The summed E-state index contributed by atoms with van der Waals surface area (Å²) in [4.78, 5) is 0. The van der Waals surface area contributed by atoms with Crippen LogP contribution in [0.2, 0.25) is 0 Å². The van der Waals surface area contributed by atoms with E-state index in [-0.39, 0.29) is 0 Å². The first kappa shape index (κ1) is 13.3. The molecule has 106 valence electrons. The first-order chi connectivity index (χ1) is 9.67. The van der Waals surface area contributed by atoms with Crippen LogP contribution in [-0.4, -0.2) is 11.6 Å². The van der Waals surface area contributed by atoms with E-state index in [2.05, 4.69) is 22.3 Å². The van der Waals surface area contributed by atoms with Crippen LogP contribution in [0.4, 0.5) is 8.78 Å². The highest BCUT2D eigenvalue weighted by atomic mass is 19.2. The lowest BCUT2D eigenvalue weighted by molar-refractivity contribution is 0.498. The van der Waals surface area contributed by atoms with Gasteiger partial charge in [0.15, 0.2) is 11.6 Å². The molecule has 1 aliphatic rings. The van der Waals surface area contributed by atoms with Crippen LogP contribution in [0.25, 0.3) is 0 Å². The summed E-state index contributed by atoms with van der Waals surface area (Å²) in [6.07, 6.45) is 7.68. The average Bonchev–Trinajstić information content (AvgIpc) is 2.85. The van der Waals surface area contributed by atoms with Gasteiger partial charge in [-0.15, -0.1) is 0 Å². The van der Waals surface area contributed by atoms with Crippen molar-refractivity contribution < 1.29 is 8.78 Å². The molecule has 0 bridgehead atoms. The zero-order chi connectivity index (χ0) is 14.1. The Morgan fingerprint density at radius 3 is 2.85 bits per heavy atom. The molecule has 0 fully saturated rings. The van der Waals surface area contributed by atoms with Gasteiger partial charge in [0, 0.05) is 25.0 Å². The number of fused-ring (bicyclic) bond motifs is 1. The lowest BCUT2D eigenvalue weighted by Crippen LogP contribution is -2.20. The molecule has 1 aromatic carbocycles. The van der Waals surface area contributed by atoms with Gasteiger partial charge in [0.2, 0.25) is 0 Å². The third kappa shape index (κ3) is 2.48. The van der Waals surface area contributed by atoms with Gasteiger partial charge in [0.05, 0.1) is 0 Å². The molecule has 1 heterocycles. The maximum absolute atomic E-state index is 13.2. The molecule has 0 amide bonds. The smallest absolute Gasteiger partial charge is 0.159 e. The van der Waals surface area contributed by atoms with Crippen LogP contribution in [0.5, 0.6) is 0 Å². The molecule has 1 aliphatic carbocycles. The number of hydrogen-bond donors (Lipinski definition) is 1. The monoisotopic (exact) mass is 276 g/mol. The number of nitrogens with zero attached hydrogens (tertiary/aromatic N) is 1. The Morgan fingerprint density at radius 1 is 1.25 bits per heavy atom. The summed E-state index contributed by atoms with van der Waals surface area (Å²) >= 11 is 0. The van der Waals surface area contributed by atoms with Gasteiger partial charge in [-0.25, -0.2) is 8.78 Å². The predicted molar refractivity (Wildman–Crippen MR) is 74.6 cm³/mol. The summed E-state index contributed by atoms with van der Waals surface area (Å²) in [6.45, 7) is 0.570. The Labute approximate surface area is 117 Å². The lowest BCUT2D eigenvalue weighted by atomic mass is 9.91.